The van der Waals surface area contributed by atoms with Gasteiger partial charge >= 0.3 is 0 Å². The number of amides is 1. The van der Waals surface area contributed by atoms with Crippen LogP contribution < -0.4 is 5.73 Å². The van der Waals surface area contributed by atoms with Gasteiger partial charge in [0.05, 0.1) is 6.04 Å². The Bertz CT molecular complexity index is 536. The molecule has 0 aliphatic heterocycles. The van der Waals surface area contributed by atoms with Gasteiger partial charge in [-0.25, -0.2) is 0 Å². The number of carbonyl (C=O) groups is 1. The van der Waals surface area contributed by atoms with Gasteiger partial charge in [0.2, 0.25) is 0 Å². The molecule has 0 radical (unpaired) electrons. The molecule has 0 fully saturated rings. The fraction of sp³-hybridized carbons (Fsp3) is 0.250. The molecule has 18 heavy (non-hydrogen) atoms. The van der Waals surface area contributed by atoms with Crippen LogP contribution in [-0.4, -0.2) is 33.0 Å². The van der Waals surface area contributed by atoms with Crippen molar-refractivity contribution in [2.24, 2.45) is 0 Å². The Labute approximate surface area is 105 Å². The van der Waals surface area contributed by atoms with Crippen molar-refractivity contribution in [1.29, 1.82) is 0 Å². The molecule has 3 N–H and O–H groups in total. The van der Waals surface area contributed by atoms with Crippen LogP contribution in [0.5, 0.6) is 0 Å². The zero-order valence-corrected chi connectivity index (χ0v) is 10.3. The van der Waals surface area contributed by atoms with Gasteiger partial charge in [-0.2, -0.15) is 5.10 Å². The molecule has 94 valence electrons. The number of aromatic amines is 1. The normalized spacial score (nSPS) is 12.1. The maximum absolute atomic E-state index is 12.2. The molecule has 2 aromatic heterocycles. The smallest absolute Gasteiger partial charge is 0.272 e. The molecule has 2 rings (SSSR count). The van der Waals surface area contributed by atoms with E-state index < -0.39 is 0 Å². The summed E-state index contributed by atoms with van der Waals surface area (Å²) < 4.78 is 0. The predicted molar refractivity (Wildman–Crippen MR) is 67.7 cm³/mol. The number of nitrogen functional groups attached to an aromatic ring is 1. The Balaban J connectivity index is 2.16. The maximum Gasteiger partial charge on any atom is 0.272 e. The van der Waals surface area contributed by atoms with Crippen molar-refractivity contribution < 1.29 is 4.79 Å². The standard InChI is InChI=1S/C12H15N5O/c1-8(9-3-5-14-6-4-9)17(2)12(18)10-7-11(13)16-15-10/h3-8H,1-2H3,(H3,13,15,16). The molecule has 1 unspecified atom stereocenters. The van der Waals surface area contributed by atoms with Crippen molar-refractivity contribution in [3.05, 3.63) is 41.9 Å². The van der Waals surface area contributed by atoms with Crippen LogP contribution in [0.2, 0.25) is 0 Å². The minimum atomic E-state index is -0.150. The molecule has 6 heteroatoms. The molecule has 0 aliphatic carbocycles. The van der Waals surface area contributed by atoms with Crippen LogP contribution in [0, 0.1) is 0 Å². The lowest BCUT2D eigenvalue weighted by Gasteiger charge is -2.24. The van der Waals surface area contributed by atoms with E-state index in [9.17, 15) is 4.79 Å². The van der Waals surface area contributed by atoms with Crippen molar-refractivity contribution in [3.8, 4) is 0 Å². The zero-order valence-electron chi connectivity index (χ0n) is 10.3. The van der Waals surface area contributed by atoms with E-state index in [1.54, 1.807) is 24.3 Å². The predicted octanol–water partition coefficient (Wildman–Crippen LogP) is 1.22. The number of hydrogen-bond donors (Lipinski definition) is 2. The maximum atomic E-state index is 12.2. The highest BCUT2D eigenvalue weighted by Crippen LogP contribution is 2.19. The topological polar surface area (TPSA) is 87.9 Å². The van der Waals surface area contributed by atoms with Crippen molar-refractivity contribution in [2.75, 3.05) is 12.8 Å². The van der Waals surface area contributed by atoms with Crippen LogP contribution in [0.4, 0.5) is 5.82 Å². The molecule has 0 saturated heterocycles. The van der Waals surface area contributed by atoms with Crippen LogP contribution in [0.1, 0.15) is 29.0 Å². The number of pyridine rings is 1. The van der Waals surface area contributed by atoms with Gasteiger partial charge in [0.1, 0.15) is 11.5 Å². The molecule has 0 saturated carbocycles. The Hall–Kier alpha value is -2.37. The minimum absolute atomic E-state index is 0.0509. The first-order chi connectivity index (χ1) is 8.59. The third kappa shape index (κ3) is 2.32. The fourth-order valence-electron chi connectivity index (χ4n) is 1.68. The van der Waals surface area contributed by atoms with Gasteiger partial charge in [0, 0.05) is 25.5 Å². The Morgan fingerprint density at radius 3 is 2.67 bits per heavy atom. The van der Waals surface area contributed by atoms with E-state index in [2.05, 4.69) is 15.2 Å². The molecule has 0 aromatic carbocycles. The lowest BCUT2D eigenvalue weighted by Crippen LogP contribution is -2.29. The summed E-state index contributed by atoms with van der Waals surface area (Å²) in [7, 11) is 1.74. The molecule has 2 aromatic rings. The lowest BCUT2D eigenvalue weighted by molar-refractivity contribution is 0.0736. The fourth-order valence-corrected chi connectivity index (χ4v) is 1.68. The minimum Gasteiger partial charge on any atom is -0.382 e. The average Bonchev–Trinajstić information content (AvgIpc) is 2.84. The second kappa shape index (κ2) is 4.87. The van der Waals surface area contributed by atoms with E-state index in [1.165, 1.54) is 6.07 Å². The average molecular weight is 245 g/mol. The highest BCUT2D eigenvalue weighted by molar-refractivity contribution is 5.93. The summed E-state index contributed by atoms with van der Waals surface area (Å²) in [6.45, 7) is 1.95. The third-order valence-corrected chi connectivity index (χ3v) is 2.92. The Morgan fingerprint density at radius 1 is 1.44 bits per heavy atom. The molecule has 2 heterocycles. The number of hydrogen-bond acceptors (Lipinski definition) is 4. The van der Waals surface area contributed by atoms with Crippen molar-refractivity contribution >= 4 is 11.7 Å². The number of rotatable bonds is 3. The first-order valence-corrected chi connectivity index (χ1v) is 5.57. The molecule has 0 spiro atoms. The molecule has 0 bridgehead atoms. The summed E-state index contributed by atoms with van der Waals surface area (Å²) in [6, 6.07) is 5.24. The number of aromatic nitrogens is 3. The summed E-state index contributed by atoms with van der Waals surface area (Å²) >= 11 is 0. The van der Waals surface area contributed by atoms with E-state index in [1.807, 2.05) is 19.1 Å². The van der Waals surface area contributed by atoms with E-state index in [4.69, 9.17) is 5.73 Å². The van der Waals surface area contributed by atoms with Crippen molar-refractivity contribution in [3.63, 3.8) is 0 Å². The van der Waals surface area contributed by atoms with Gasteiger partial charge in [-0.1, -0.05) is 0 Å². The number of H-pyrrole nitrogens is 1. The van der Waals surface area contributed by atoms with Crippen LogP contribution >= 0.6 is 0 Å². The van der Waals surface area contributed by atoms with E-state index >= 15 is 0 Å². The van der Waals surface area contributed by atoms with Gasteiger partial charge in [-0.15, -0.1) is 0 Å². The second-order valence-electron chi connectivity index (χ2n) is 4.08. The second-order valence-corrected chi connectivity index (χ2v) is 4.08. The third-order valence-electron chi connectivity index (χ3n) is 2.92. The van der Waals surface area contributed by atoms with E-state index in [0.717, 1.165) is 5.56 Å². The van der Waals surface area contributed by atoms with Crippen LogP contribution in [0.3, 0.4) is 0 Å². The number of anilines is 1. The zero-order chi connectivity index (χ0) is 13.1. The Kier molecular flexibility index (Phi) is 3.27. The molecule has 1 amide bonds. The molecular weight excluding hydrogens is 230 g/mol. The van der Waals surface area contributed by atoms with E-state index in [-0.39, 0.29) is 11.9 Å². The summed E-state index contributed by atoms with van der Waals surface area (Å²) in [6.07, 6.45) is 3.41. The van der Waals surface area contributed by atoms with Crippen LogP contribution in [-0.2, 0) is 0 Å². The summed E-state index contributed by atoms with van der Waals surface area (Å²) in [5.74, 6) is 0.159. The molecule has 1 atom stereocenters. The molecule has 0 aliphatic rings. The first-order valence-electron chi connectivity index (χ1n) is 5.57. The van der Waals surface area contributed by atoms with Crippen molar-refractivity contribution in [2.45, 2.75) is 13.0 Å². The monoisotopic (exact) mass is 245 g/mol. The van der Waals surface area contributed by atoms with E-state index in [0.29, 0.717) is 11.5 Å². The van der Waals surface area contributed by atoms with Gasteiger partial charge in [0.25, 0.3) is 5.91 Å². The van der Waals surface area contributed by atoms with Crippen LogP contribution in [0.25, 0.3) is 0 Å². The lowest BCUT2D eigenvalue weighted by atomic mass is 10.1. The van der Waals surface area contributed by atoms with Gasteiger partial charge in [0.15, 0.2) is 0 Å². The van der Waals surface area contributed by atoms with Crippen LogP contribution in [0.15, 0.2) is 30.6 Å². The number of nitrogens with zero attached hydrogens (tertiary/aromatic N) is 3. The highest BCUT2D eigenvalue weighted by atomic mass is 16.2. The number of nitrogens with two attached hydrogens (primary N) is 1. The number of nitrogens with one attached hydrogen (secondary N) is 1. The summed E-state index contributed by atoms with van der Waals surface area (Å²) in [5, 5.41) is 6.36. The largest absolute Gasteiger partial charge is 0.382 e. The van der Waals surface area contributed by atoms with Gasteiger partial charge in [-0.05, 0) is 24.6 Å². The number of carbonyl (C=O) groups excluding carboxylic acids is 1. The highest BCUT2D eigenvalue weighted by Gasteiger charge is 2.20. The summed E-state index contributed by atoms with van der Waals surface area (Å²) in [5.41, 5.74) is 6.89. The molecule has 6 nitrogen and oxygen atoms in total. The summed E-state index contributed by atoms with van der Waals surface area (Å²) in [4.78, 5) is 17.7. The Morgan fingerprint density at radius 2 is 2.11 bits per heavy atom. The quantitative estimate of drug-likeness (QED) is 0.851. The molecular formula is C12H15N5O. The first kappa shape index (κ1) is 12.1. The van der Waals surface area contributed by atoms with Gasteiger partial charge < -0.3 is 10.6 Å². The SMILES string of the molecule is CC(c1ccncc1)N(C)C(=O)c1cc(N)n[nH]1. The van der Waals surface area contributed by atoms with Gasteiger partial charge in [-0.3, -0.25) is 14.9 Å². The van der Waals surface area contributed by atoms with Crippen molar-refractivity contribution in [1.82, 2.24) is 20.1 Å².